The number of amides is 1. The second kappa shape index (κ2) is 7.21. The molecule has 1 heterocycles. The van der Waals surface area contributed by atoms with Crippen LogP contribution in [0.4, 0.5) is 13.2 Å². The fourth-order valence-electron chi connectivity index (χ4n) is 2.83. The van der Waals surface area contributed by atoms with Crippen LogP contribution in [0.3, 0.4) is 0 Å². The summed E-state index contributed by atoms with van der Waals surface area (Å²) in [5.41, 5.74) is 6.68. The van der Waals surface area contributed by atoms with Crippen LogP contribution in [-0.2, 0) is 11.2 Å². The van der Waals surface area contributed by atoms with Gasteiger partial charge in [0.05, 0.1) is 0 Å². The van der Waals surface area contributed by atoms with Crippen molar-refractivity contribution in [1.82, 2.24) is 4.90 Å². The average molecular weight is 330 g/mol. The predicted octanol–water partition coefficient (Wildman–Crippen LogP) is 2.86. The summed E-state index contributed by atoms with van der Waals surface area (Å²) in [5, 5.41) is 0. The van der Waals surface area contributed by atoms with Crippen molar-refractivity contribution in [3.8, 4) is 5.75 Å². The molecule has 0 bridgehead atoms. The Kier molecular flexibility index (Phi) is 5.51. The number of benzene rings is 1. The fraction of sp³-hybridized carbons (Fsp3) is 0.562. The van der Waals surface area contributed by atoms with Crippen molar-refractivity contribution in [2.24, 2.45) is 5.73 Å². The molecule has 1 aromatic carbocycles. The molecule has 0 saturated carbocycles. The van der Waals surface area contributed by atoms with Gasteiger partial charge in [-0.2, -0.15) is 0 Å². The van der Waals surface area contributed by atoms with Crippen LogP contribution in [0.25, 0.3) is 0 Å². The molecule has 1 amide bonds. The Bertz CT molecular complexity index is 531. The van der Waals surface area contributed by atoms with Gasteiger partial charge in [0.1, 0.15) is 5.75 Å². The highest BCUT2D eigenvalue weighted by Crippen LogP contribution is 2.23. The van der Waals surface area contributed by atoms with Crippen molar-refractivity contribution in [3.05, 3.63) is 29.8 Å². The van der Waals surface area contributed by atoms with Crippen LogP contribution >= 0.6 is 0 Å². The molecule has 4 nitrogen and oxygen atoms in total. The van der Waals surface area contributed by atoms with Gasteiger partial charge < -0.3 is 15.4 Å². The minimum atomic E-state index is -4.69. The molecular formula is C16H21F3N2O2. The van der Waals surface area contributed by atoms with Gasteiger partial charge in [-0.25, -0.2) is 0 Å². The maximum absolute atomic E-state index is 12.3. The van der Waals surface area contributed by atoms with E-state index in [0.29, 0.717) is 19.4 Å². The first-order valence-corrected chi connectivity index (χ1v) is 7.64. The minimum absolute atomic E-state index is 0.0556. The second-order valence-corrected chi connectivity index (χ2v) is 5.91. The van der Waals surface area contributed by atoms with Gasteiger partial charge in [-0.3, -0.25) is 4.79 Å². The molecule has 1 saturated heterocycles. The molecule has 1 aliphatic rings. The largest absolute Gasteiger partial charge is 0.573 e. The number of alkyl halides is 3. The van der Waals surface area contributed by atoms with Crippen LogP contribution in [0.15, 0.2) is 24.3 Å². The Morgan fingerprint density at radius 2 is 2.00 bits per heavy atom. The van der Waals surface area contributed by atoms with Gasteiger partial charge in [0.15, 0.2) is 0 Å². The lowest BCUT2D eigenvalue weighted by atomic mass is 9.98. The molecule has 2 rings (SSSR count). The van der Waals surface area contributed by atoms with Crippen molar-refractivity contribution in [1.29, 1.82) is 0 Å². The first-order chi connectivity index (χ1) is 10.7. The normalized spacial score (nSPS) is 22.0. The Labute approximate surface area is 133 Å². The summed E-state index contributed by atoms with van der Waals surface area (Å²) in [6, 6.07) is 5.89. The van der Waals surface area contributed by atoms with Crippen molar-refractivity contribution in [3.63, 3.8) is 0 Å². The Balaban J connectivity index is 1.84. The zero-order chi connectivity index (χ0) is 17.0. The Morgan fingerprint density at radius 1 is 1.35 bits per heavy atom. The van der Waals surface area contributed by atoms with Crippen LogP contribution in [-0.4, -0.2) is 35.8 Å². The van der Waals surface area contributed by atoms with Crippen LogP contribution < -0.4 is 10.5 Å². The van der Waals surface area contributed by atoms with Gasteiger partial charge in [-0.05, 0) is 43.9 Å². The highest BCUT2D eigenvalue weighted by molar-refractivity contribution is 5.76. The summed E-state index contributed by atoms with van der Waals surface area (Å²) < 4.78 is 40.1. The smallest absolute Gasteiger partial charge is 0.406 e. The Morgan fingerprint density at radius 3 is 2.57 bits per heavy atom. The van der Waals surface area contributed by atoms with Crippen LogP contribution in [0.5, 0.6) is 5.75 Å². The molecule has 128 valence electrons. The minimum Gasteiger partial charge on any atom is -0.406 e. The standard InChI is InChI=1S/C16H21F3N2O2/c1-11-10-13(20)8-9-21(11)15(22)7-4-12-2-5-14(6-3-12)23-16(17,18)19/h2-3,5-6,11,13H,4,7-10,20H2,1H3/t11-,13+/m1/s1. The molecule has 1 aromatic rings. The monoisotopic (exact) mass is 330 g/mol. The summed E-state index contributed by atoms with van der Waals surface area (Å²) in [4.78, 5) is 14.1. The van der Waals surface area contributed by atoms with E-state index in [1.54, 1.807) is 12.1 Å². The highest BCUT2D eigenvalue weighted by atomic mass is 19.4. The third-order valence-corrected chi connectivity index (χ3v) is 4.02. The van der Waals surface area contributed by atoms with E-state index >= 15 is 0 Å². The number of nitrogens with two attached hydrogens (primary N) is 1. The summed E-state index contributed by atoms with van der Waals surface area (Å²) in [6.07, 6.45) is -2.27. The predicted molar refractivity (Wildman–Crippen MR) is 79.8 cm³/mol. The third-order valence-electron chi connectivity index (χ3n) is 4.02. The third kappa shape index (κ3) is 5.42. The fourth-order valence-corrected chi connectivity index (χ4v) is 2.83. The number of ether oxygens (including phenoxy) is 1. The molecule has 2 N–H and O–H groups in total. The lowest BCUT2D eigenvalue weighted by Gasteiger charge is -2.36. The van der Waals surface area contributed by atoms with Gasteiger partial charge in [0.2, 0.25) is 5.91 Å². The molecule has 0 aromatic heterocycles. The molecule has 0 radical (unpaired) electrons. The van der Waals surface area contributed by atoms with Gasteiger partial charge in [-0.15, -0.1) is 13.2 Å². The van der Waals surface area contributed by atoms with Gasteiger partial charge in [0, 0.05) is 25.0 Å². The van der Waals surface area contributed by atoms with E-state index in [9.17, 15) is 18.0 Å². The zero-order valence-corrected chi connectivity index (χ0v) is 13.0. The number of carbonyl (C=O) groups excluding carboxylic acids is 1. The highest BCUT2D eigenvalue weighted by Gasteiger charge is 2.31. The average Bonchev–Trinajstić information content (AvgIpc) is 2.44. The van der Waals surface area contributed by atoms with Crippen molar-refractivity contribution >= 4 is 5.91 Å². The summed E-state index contributed by atoms with van der Waals surface area (Å²) >= 11 is 0. The number of aryl methyl sites for hydroxylation is 1. The molecule has 2 atom stereocenters. The van der Waals surface area contributed by atoms with E-state index in [-0.39, 0.29) is 23.7 Å². The SMILES string of the molecule is C[C@@H]1C[C@@H](N)CCN1C(=O)CCc1ccc(OC(F)(F)F)cc1. The molecule has 1 aliphatic heterocycles. The first-order valence-electron chi connectivity index (χ1n) is 7.64. The number of likely N-dealkylation sites (tertiary alicyclic amines) is 1. The van der Waals surface area contributed by atoms with E-state index in [4.69, 9.17) is 5.73 Å². The van der Waals surface area contributed by atoms with E-state index in [1.165, 1.54) is 12.1 Å². The lowest BCUT2D eigenvalue weighted by Crippen LogP contribution is -2.48. The van der Waals surface area contributed by atoms with Crippen LogP contribution in [0.1, 0.15) is 31.7 Å². The number of nitrogens with zero attached hydrogens (tertiary/aromatic N) is 1. The number of piperidine rings is 1. The Hall–Kier alpha value is -1.76. The molecule has 0 spiro atoms. The number of carbonyl (C=O) groups is 1. The van der Waals surface area contributed by atoms with Crippen molar-refractivity contribution in [2.75, 3.05) is 6.54 Å². The van der Waals surface area contributed by atoms with Crippen molar-refractivity contribution in [2.45, 2.75) is 51.1 Å². The number of hydrogen-bond donors (Lipinski definition) is 1. The number of hydrogen-bond acceptors (Lipinski definition) is 3. The van der Waals surface area contributed by atoms with Gasteiger partial charge >= 0.3 is 6.36 Å². The molecule has 23 heavy (non-hydrogen) atoms. The van der Waals surface area contributed by atoms with E-state index in [1.807, 2.05) is 11.8 Å². The zero-order valence-electron chi connectivity index (χ0n) is 13.0. The number of halogens is 3. The van der Waals surface area contributed by atoms with Crippen LogP contribution in [0, 0.1) is 0 Å². The van der Waals surface area contributed by atoms with Crippen LogP contribution in [0.2, 0.25) is 0 Å². The van der Waals surface area contributed by atoms with E-state index in [0.717, 1.165) is 18.4 Å². The quantitative estimate of drug-likeness (QED) is 0.923. The topological polar surface area (TPSA) is 55.6 Å². The lowest BCUT2D eigenvalue weighted by molar-refractivity contribution is -0.274. The first kappa shape index (κ1) is 17.6. The van der Waals surface area contributed by atoms with Gasteiger partial charge in [-0.1, -0.05) is 12.1 Å². The number of rotatable bonds is 4. The van der Waals surface area contributed by atoms with Crippen molar-refractivity contribution < 1.29 is 22.7 Å². The summed E-state index contributed by atoms with van der Waals surface area (Å²) in [7, 11) is 0. The van der Waals surface area contributed by atoms with Gasteiger partial charge in [0.25, 0.3) is 0 Å². The molecule has 1 fully saturated rings. The molecule has 0 aliphatic carbocycles. The summed E-state index contributed by atoms with van der Waals surface area (Å²) in [6.45, 7) is 2.65. The second-order valence-electron chi connectivity index (χ2n) is 5.91. The summed E-state index contributed by atoms with van der Waals surface area (Å²) in [5.74, 6) is -0.203. The maximum atomic E-state index is 12.3. The molecule has 7 heteroatoms. The molecular weight excluding hydrogens is 309 g/mol. The van der Waals surface area contributed by atoms with E-state index in [2.05, 4.69) is 4.74 Å². The molecule has 0 unspecified atom stereocenters. The maximum Gasteiger partial charge on any atom is 0.573 e. The van der Waals surface area contributed by atoms with E-state index < -0.39 is 6.36 Å².